The van der Waals surface area contributed by atoms with Crippen LogP contribution in [0.15, 0.2) is 71.7 Å². The van der Waals surface area contributed by atoms with E-state index in [4.69, 9.17) is 11.5 Å². The van der Waals surface area contributed by atoms with Crippen LogP contribution >= 0.6 is 11.3 Å². The summed E-state index contributed by atoms with van der Waals surface area (Å²) < 4.78 is 0. The zero-order valence-electron chi connectivity index (χ0n) is 18.4. The summed E-state index contributed by atoms with van der Waals surface area (Å²) in [5, 5.41) is 12.2. The number of aliphatic imine (C=N–C) groups is 1. The summed E-state index contributed by atoms with van der Waals surface area (Å²) >= 11 is 1.39. The standard InChI is InChI=1S/C25H28N4O3S/c1-16-15-20(21(17-9-4-2-5-10-17)18-11-6-3-7-12-18)33-22(16)23(30)29-19(24(31)32)13-8-14-28-25(26)27/h2-7,9-12,15,19,21H,8,13-14H2,1H3,(H,29,30)(H,31,32)(H4,26,27,28)/t19-/m0/s1. The number of thiophene rings is 1. The molecule has 0 aliphatic carbocycles. The van der Waals surface area contributed by atoms with Crippen molar-refractivity contribution in [1.82, 2.24) is 5.32 Å². The van der Waals surface area contributed by atoms with E-state index in [0.717, 1.165) is 21.6 Å². The van der Waals surface area contributed by atoms with Crippen molar-refractivity contribution in [2.75, 3.05) is 6.54 Å². The Morgan fingerprint density at radius 3 is 2.12 bits per heavy atom. The lowest BCUT2D eigenvalue weighted by Gasteiger charge is -2.17. The fraction of sp³-hybridized carbons (Fsp3) is 0.240. The predicted molar refractivity (Wildman–Crippen MR) is 132 cm³/mol. The number of nitrogens with zero attached hydrogens (tertiary/aromatic N) is 1. The van der Waals surface area contributed by atoms with Gasteiger partial charge in [0, 0.05) is 17.3 Å². The Kier molecular flexibility index (Phi) is 8.21. The summed E-state index contributed by atoms with van der Waals surface area (Å²) in [5.74, 6) is -1.54. The zero-order chi connectivity index (χ0) is 23.8. The topological polar surface area (TPSA) is 131 Å². The third kappa shape index (κ3) is 6.43. The molecule has 2 aromatic carbocycles. The first-order valence-corrected chi connectivity index (χ1v) is 11.5. The van der Waals surface area contributed by atoms with Crippen molar-refractivity contribution in [2.24, 2.45) is 16.5 Å². The minimum absolute atomic E-state index is 0.0208. The first-order valence-electron chi connectivity index (χ1n) is 10.7. The molecule has 172 valence electrons. The van der Waals surface area contributed by atoms with Gasteiger partial charge in [-0.3, -0.25) is 9.79 Å². The molecule has 1 amide bonds. The third-order valence-electron chi connectivity index (χ3n) is 5.24. The highest BCUT2D eigenvalue weighted by Crippen LogP contribution is 2.37. The molecule has 0 bridgehead atoms. The molecule has 1 aromatic heterocycles. The quantitative estimate of drug-likeness (QED) is 0.207. The van der Waals surface area contributed by atoms with E-state index in [0.29, 0.717) is 17.8 Å². The van der Waals surface area contributed by atoms with Crippen LogP contribution < -0.4 is 16.8 Å². The van der Waals surface area contributed by atoms with Gasteiger partial charge in [-0.2, -0.15) is 0 Å². The number of benzene rings is 2. The smallest absolute Gasteiger partial charge is 0.326 e. The molecule has 3 aromatic rings. The lowest BCUT2D eigenvalue weighted by molar-refractivity contribution is -0.139. The fourth-order valence-electron chi connectivity index (χ4n) is 3.67. The molecule has 0 spiro atoms. The summed E-state index contributed by atoms with van der Waals surface area (Å²) in [6.45, 7) is 2.18. The molecule has 8 heteroatoms. The SMILES string of the molecule is Cc1cc(C(c2ccccc2)c2ccccc2)sc1C(=O)N[C@@H](CCCN=C(N)N)C(=O)O. The molecule has 1 heterocycles. The van der Waals surface area contributed by atoms with Crippen molar-refractivity contribution in [3.8, 4) is 0 Å². The maximum absolute atomic E-state index is 13.0. The van der Waals surface area contributed by atoms with Gasteiger partial charge < -0.3 is 21.9 Å². The maximum atomic E-state index is 13.0. The minimum atomic E-state index is -1.09. The fourth-order valence-corrected chi connectivity index (χ4v) is 4.90. The summed E-state index contributed by atoms with van der Waals surface area (Å²) in [6, 6.07) is 21.2. The second kappa shape index (κ2) is 11.3. The average Bonchev–Trinajstić information content (AvgIpc) is 3.18. The molecule has 1 atom stereocenters. The molecule has 0 saturated heterocycles. The number of nitrogens with one attached hydrogen (secondary N) is 1. The summed E-state index contributed by atoms with van der Waals surface area (Å²) in [4.78, 5) is 30.1. The molecule has 0 fully saturated rings. The maximum Gasteiger partial charge on any atom is 0.326 e. The number of hydrogen-bond acceptors (Lipinski definition) is 4. The second-order valence-electron chi connectivity index (χ2n) is 7.73. The van der Waals surface area contributed by atoms with Crippen LogP contribution in [0.1, 0.15) is 50.0 Å². The van der Waals surface area contributed by atoms with Crippen molar-refractivity contribution in [3.05, 3.63) is 93.2 Å². The molecular formula is C25H28N4O3S. The van der Waals surface area contributed by atoms with Gasteiger partial charge in [-0.25, -0.2) is 4.79 Å². The molecule has 33 heavy (non-hydrogen) atoms. The highest BCUT2D eigenvalue weighted by atomic mass is 32.1. The Balaban J connectivity index is 1.83. The van der Waals surface area contributed by atoms with Gasteiger partial charge in [0.15, 0.2) is 5.96 Å². The largest absolute Gasteiger partial charge is 0.480 e. The van der Waals surface area contributed by atoms with E-state index >= 15 is 0 Å². The highest BCUT2D eigenvalue weighted by Gasteiger charge is 2.25. The van der Waals surface area contributed by atoms with Crippen LogP contribution in [0.5, 0.6) is 0 Å². The lowest BCUT2D eigenvalue weighted by atomic mass is 9.90. The number of carbonyl (C=O) groups is 2. The van der Waals surface area contributed by atoms with E-state index in [9.17, 15) is 14.7 Å². The lowest BCUT2D eigenvalue weighted by Crippen LogP contribution is -2.40. The van der Waals surface area contributed by atoms with Gasteiger partial charge in [-0.05, 0) is 42.5 Å². The van der Waals surface area contributed by atoms with Gasteiger partial charge in [-0.1, -0.05) is 60.7 Å². The molecule has 0 aliphatic heterocycles. The number of aliphatic carboxylic acids is 1. The van der Waals surface area contributed by atoms with Gasteiger partial charge in [0.1, 0.15) is 6.04 Å². The number of carboxylic acids is 1. The van der Waals surface area contributed by atoms with Crippen LogP contribution in [0.25, 0.3) is 0 Å². The van der Waals surface area contributed by atoms with Crippen LogP contribution in [0.3, 0.4) is 0 Å². The summed E-state index contributed by atoms with van der Waals surface area (Å²) in [7, 11) is 0. The Labute approximate surface area is 197 Å². The number of nitrogens with two attached hydrogens (primary N) is 2. The number of guanidine groups is 1. The molecule has 3 rings (SSSR count). The molecule has 6 N–H and O–H groups in total. The molecule has 0 aliphatic rings. The van der Waals surface area contributed by atoms with E-state index in [2.05, 4.69) is 34.6 Å². The van der Waals surface area contributed by atoms with Crippen molar-refractivity contribution in [2.45, 2.75) is 31.7 Å². The van der Waals surface area contributed by atoms with E-state index in [1.54, 1.807) is 0 Å². The van der Waals surface area contributed by atoms with Gasteiger partial charge >= 0.3 is 5.97 Å². The number of aryl methyl sites for hydroxylation is 1. The normalized spacial score (nSPS) is 11.7. The predicted octanol–water partition coefficient (Wildman–Crippen LogP) is 3.47. The van der Waals surface area contributed by atoms with Crippen LogP contribution in [0.2, 0.25) is 0 Å². The van der Waals surface area contributed by atoms with Gasteiger partial charge in [-0.15, -0.1) is 11.3 Å². The Morgan fingerprint density at radius 1 is 1.03 bits per heavy atom. The summed E-state index contributed by atoms with van der Waals surface area (Å²) in [5.41, 5.74) is 13.7. The molecule has 0 radical (unpaired) electrons. The number of carboxylic acid groups (broad SMARTS) is 1. The van der Waals surface area contributed by atoms with E-state index in [-0.39, 0.29) is 18.3 Å². The molecule has 0 unspecified atom stereocenters. The van der Waals surface area contributed by atoms with Crippen LogP contribution in [0, 0.1) is 6.92 Å². The van der Waals surface area contributed by atoms with E-state index < -0.39 is 17.9 Å². The average molecular weight is 465 g/mol. The van der Waals surface area contributed by atoms with E-state index in [1.165, 1.54) is 11.3 Å². The Bertz CT molecular complexity index is 1070. The van der Waals surface area contributed by atoms with Gasteiger partial charge in [0.05, 0.1) is 4.88 Å². The number of carbonyl (C=O) groups excluding carboxylic acids is 1. The molecule has 7 nitrogen and oxygen atoms in total. The Morgan fingerprint density at radius 2 is 1.61 bits per heavy atom. The Hall–Kier alpha value is -3.65. The molecule has 0 saturated carbocycles. The second-order valence-corrected chi connectivity index (χ2v) is 8.81. The molecular weight excluding hydrogens is 436 g/mol. The first-order chi connectivity index (χ1) is 15.9. The first kappa shape index (κ1) is 24.0. The number of amides is 1. The monoisotopic (exact) mass is 464 g/mol. The number of hydrogen-bond donors (Lipinski definition) is 4. The summed E-state index contributed by atoms with van der Waals surface area (Å²) in [6.07, 6.45) is 0.666. The van der Waals surface area contributed by atoms with Crippen LogP contribution in [-0.4, -0.2) is 35.5 Å². The van der Waals surface area contributed by atoms with Crippen molar-refractivity contribution in [3.63, 3.8) is 0 Å². The van der Waals surface area contributed by atoms with Gasteiger partial charge in [0.25, 0.3) is 5.91 Å². The third-order valence-corrected chi connectivity index (χ3v) is 6.54. The van der Waals surface area contributed by atoms with E-state index in [1.807, 2.05) is 49.4 Å². The van der Waals surface area contributed by atoms with Crippen LogP contribution in [-0.2, 0) is 4.79 Å². The zero-order valence-corrected chi connectivity index (χ0v) is 19.2. The highest BCUT2D eigenvalue weighted by molar-refractivity contribution is 7.14. The number of rotatable bonds is 10. The van der Waals surface area contributed by atoms with Crippen LogP contribution in [0.4, 0.5) is 0 Å². The minimum Gasteiger partial charge on any atom is -0.480 e. The van der Waals surface area contributed by atoms with Crippen molar-refractivity contribution >= 4 is 29.2 Å². The van der Waals surface area contributed by atoms with Gasteiger partial charge in [0.2, 0.25) is 0 Å². The van der Waals surface area contributed by atoms with Crippen molar-refractivity contribution < 1.29 is 14.7 Å². The van der Waals surface area contributed by atoms with Crippen molar-refractivity contribution in [1.29, 1.82) is 0 Å².